The average Bonchev–Trinajstić information content (AvgIpc) is 3.31. The summed E-state index contributed by atoms with van der Waals surface area (Å²) in [5.74, 6) is 3.25. The average molecular weight is 325 g/mol. The van der Waals surface area contributed by atoms with Crippen LogP contribution in [-0.4, -0.2) is 23.7 Å². The van der Waals surface area contributed by atoms with Crippen LogP contribution in [0.2, 0.25) is 0 Å². The van der Waals surface area contributed by atoms with Gasteiger partial charge in [-0.3, -0.25) is 4.79 Å². The topological polar surface area (TPSA) is 63.0 Å². The van der Waals surface area contributed by atoms with Crippen LogP contribution in [0.4, 0.5) is 0 Å². The number of nitrogens with zero attached hydrogens (tertiary/aromatic N) is 2. The van der Waals surface area contributed by atoms with Gasteiger partial charge >= 0.3 is 0 Å². The van der Waals surface area contributed by atoms with E-state index in [1.807, 2.05) is 38.1 Å². The number of fused-ring (bicyclic) bond motifs is 1. The monoisotopic (exact) mass is 325 g/mol. The van der Waals surface area contributed by atoms with Crippen molar-refractivity contribution in [3.8, 4) is 18.1 Å². The van der Waals surface area contributed by atoms with Crippen LogP contribution in [0, 0.1) is 12.3 Å². The molecule has 2 aliphatic heterocycles. The summed E-state index contributed by atoms with van der Waals surface area (Å²) in [6, 6.07) is 7.76. The minimum absolute atomic E-state index is 0.0339. The summed E-state index contributed by atoms with van der Waals surface area (Å²) in [6.07, 6.45) is 8.07. The van der Waals surface area contributed by atoms with Gasteiger partial charge in [-0.1, -0.05) is 18.2 Å². The van der Waals surface area contributed by atoms with Gasteiger partial charge in [0.2, 0.25) is 5.91 Å². The van der Waals surface area contributed by atoms with Gasteiger partial charge in [0, 0.05) is 37.8 Å². The number of benzene rings is 1. The molecule has 3 rings (SSSR count). The van der Waals surface area contributed by atoms with Gasteiger partial charge in [-0.15, -0.1) is 12.3 Å². The van der Waals surface area contributed by atoms with Crippen molar-refractivity contribution in [1.29, 1.82) is 0 Å². The summed E-state index contributed by atoms with van der Waals surface area (Å²) in [4.78, 5) is 12.7. The molecular weight excluding hydrogens is 302 g/mol. The number of amides is 1. The molecule has 1 N–H and O–H groups in total. The highest BCUT2D eigenvalue weighted by molar-refractivity contribution is 5.85. The third-order valence-electron chi connectivity index (χ3n) is 4.57. The van der Waals surface area contributed by atoms with E-state index in [1.54, 1.807) is 0 Å². The highest BCUT2D eigenvalue weighted by Crippen LogP contribution is 2.41. The van der Waals surface area contributed by atoms with Crippen molar-refractivity contribution in [2.75, 3.05) is 6.54 Å². The summed E-state index contributed by atoms with van der Waals surface area (Å²) >= 11 is 0. The van der Waals surface area contributed by atoms with Crippen molar-refractivity contribution < 1.29 is 9.53 Å². The molecule has 126 valence electrons. The fourth-order valence-corrected chi connectivity index (χ4v) is 3.21. The van der Waals surface area contributed by atoms with Crippen molar-refractivity contribution in [2.24, 2.45) is 10.2 Å². The summed E-state index contributed by atoms with van der Waals surface area (Å²) in [6.45, 7) is 4.58. The van der Waals surface area contributed by atoms with Crippen LogP contribution in [0.5, 0.6) is 5.75 Å². The maximum absolute atomic E-state index is 12.7. The number of hydrogen-bond acceptors (Lipinski definition) is 4. The molecule has 1 unspecified atom stereocenters. The van der Waals surface area contributed by atoms with E-state index in [-0.39, 0.29) is 23.1 Å². The highest BCUT2D eigenvalue weighted by atomic mass is 16.5. The minimum atomic E-state index is -0.356. The Morgan fingerprint density at radius 3 is 2.83 bits per heavy atom. The summed E-state index contributed by atoms with van der Waals surface area (Å²) in [5.41, 5.74) is 0.245. The molecular formula is C19H23N3O2. The van der Waals surface area contributed by atoms with E-state index in [9.17, 15) is 4.79 Å². The third-order valence-corrected chi connectivity index (χ3v) is 4.57. The van der Waals surface area contributed by atoms with Gasteiger partial charge in [-0.05, 0) is 19.9 Å². The summed E-state index contributed by atoms with van der Waals surface area (Å²) in [7, 11) is 0. The van der Waals surface area contributed by atoms with Gasteiger partial charge < -0.3 is 10.1 Å². The highest BCUT2D eigenvalue weighted by Gasteiger charge is 2.40. The van der Waals surface area contributed by atoms with Crippen LogP contribution in [-0.2, 0) is 4.79 Å². The lowest BCUT2D eigenvalue weighted by atomic mass is 9.84. The zero-order valence-corrected chi connectivity index (χ0v) is 14.2. The van der Waals surface area contributed by atoms with E-state index >= 15 is 0 Å². The number of hydrogen-bond donors (Lipinski definition) is 1. The molecule has 0 aromatic heterocycles. The van der Waals surface area contributed by atoms with Crippen LogP contribution in [0.15, 0.2) is 34.5 Å². The summed E-state index contributed by atoms with van der Waals surface area (Å²) < 4.78 is 5.98. The first-order chi connectivity index (χ1) is 11.4. The van der Waals surface area contributed by atoms with E-state index in [0.29, 0.717) is 25.8 Å². The van der Waals surface area contributed by atoms with Crippen LogP contribution < -0.4 is 10.1 Å². The lowest BCUT2D eigenvalue weighted by Gasteiger charge is -2.37. The molecule has 24 heavy (non-hydrogen) atoms. The molecule has 0 radical (unpaired) electrons. The van der Waals surface area contributed by atoms with E-state index in [0.717, 1.165) is 17.7 Å². The van der Waals surface area contributed by atoms with E-state index in [1.165, 1.54) is 0 Å². The molecule has 1 aromatic rings. The Kier molecular flexibility index (Phi) is 4.31. The first-order valence-electron chi connectivity index (χ1n) is 8.38. The second-order valence-corrected chi connectivity index (χ2v) is 7.08. The largest absolute Gasteiger partial charge is 0.488 e. The first kappa shape index (κ1) is 16.5. The fourth-order valence-electron chi connectivity index (χ4n) is 3.21. The first-order valence-corrected chi connectivity index (χ1v) is 8.38. The van der Waals surface area contributed by atoms with Gasteiger partial charge in [-0.25, -0.2) is 0 Å². The van der Waals surface area contributed by atoms with Gasteiger partial charge in [-0.2, -0.15) is 10.2 Å². The quantitative estimate of drug-likeness (QED) is 0.815. The van der Waals surface area contributed by atoms with Crippen LogP contribution in [0.3, 0.4) is 0 Å². The third kappa shape index (κ3) is 3.59. The number of carbonyl (C=O) groups excluding carboxylic acids is 1. The second-order valence-electron chi connectivity index (χ2n) is 7.08. The molecule has 0 aliphatic carbocycles. The normalized spacial score (nSPS) is 22.0. The number of para-hydroxylation sites is 1. The Bertz CT molecular complexity index is 697. The smallest absolute Gasteiger partial charge is 0.227 e. The number of nitrogens with one attached hydrogen (secondary N) is 1. The molecule has 0 bridgehead atoms. The maximum atomic E-state index is 12.7. The molecule has 1 amide bonds. The Hall–Kier alpha value is -2.35. The number of ether oxygens (including phenoxy) is 1. The zero-order valence-electron chi connectivity index (χ0n) is 14.2. The molecule has 2 aliphatic rings. The van der Waals surface area contributed by atoms with Crippen molar-refractivity contribution in [3.63, 3.8) is 0 Å². The van der Waals surface area contributed by atoms with E-state index < -0.39 is 0 Å². The van der Waals surface area contributed by atoms with E-state index in [2.05, 4.69) is 21.5 Å². The lowest BCUT2D eigenvalue weighted by Crippen LogP contribution is -2.41. The summed E-state index contributed by atoms with van der Waals surface area (Å²) in [5, 5.41) is 11.2. The van der Waals surface area contributed by atoms with E-state index in [4.69, 9.17) is 11.2 Å². The Morgan fingerprint density at radius 2 is 2.12 bits per heavy atom. The molecule has 0 saturated heterocycles. The number of rotatable bonds is 6. The van der Waals surface area contributed by atoms with Crippen LogP contribution in [0.1, 0.15) is 51.0 Å². The number of carbonyl (C=O) groups is 1. The Morgan fingerprint density at radius 1 is 1.38 bits per heavy atom. The molecule has 2 heterocycles. The van der Waals surface area contributed by atoms with Crippen molar-refractivity contribution >= 4 is 5.91 Å². The molecule has 1 atom stereocenters. The standard InChI is InChI=1S/C19H23N3O2/c1-4-5-10-19(21-22-19)11-12-20-17(23)15-13-18(2,3)24-16-9-7-6-8-14(15)16/h1,6-9,15H,5,10-13H2,2-3H3,(H,20,23). The predicted octanol–water partition coefficient (Wildman–Crippen LogP) is 3.41. The van der Waals surface area contributed by atoms with Crippen LogP contribution >= 0.6 is 0 Å². The van der Waals surface area contributed by atoms with Crippen molar-refractivity contribution in [1.82, 2.24) is 5.32 Å². The van der Waals surface area contributed by atoms with Gasteiger partial charge in [0.25, 0.3) is 0 Å². The van der Waals surface area contributed by atoms with Crippen molar-refractivity contribution in [3.05, 3.63) is 29.8 Å². The lowest BCUT2D eigenvalue weighted by molar-refractivity contribution is -0.124. The number of terminal acetylenes is 1. The Labute approximate surface area is 142 Å². The maximum Gasteiger partial charge on any atom is 0.227 e. The Balaban J connectivity index is 1.60. The molecule has 0 saturated carbocycles. The van der Waals surface area contributed by atoms with Gasteiger partial charge in [0.1, 0.15) is 11.4 Å². The molecule has 5 nitrogen and oxygen atoms in total. The molecule has 1 aromatic carbocycles. The molecule has 5 heteroatoms. The second kappa shape index (κ2) is 6.27. The molecule has 0 spiro atoms. The predicted molar refractivity (Wildman–Crippen MR) is 91.8 cm³/mol. The minimum Gasteiger partial charge on any atom is -0.488 e. The molecule has 0 fully saturated rings. The zero-order chi connectivity index (χ0) is 17.2. The SMILES string of the molecule is C#CCCC1(CCNC(=O)C2CC(C)(C)Oc3ccccc32)N=N1. The van der Waals surface area contributed by atoms with Gasteiger partial charge in [0.05, 0.1) is 5.92 Å². The van der Waals surface area contributed by atoms with Crippen molar-refractivity contribution in [2.45, 2.75) is 56.7 Å². The van der Waals surface area contributed by atoms with Gasteiger partial charge in [0.15, 0.2) is 5.66 Å². The van der Waals surface area contributed by atoms with Crippen LogP contribution in [0.25, 0.3) is 0 Å². The fraction of sp³-hybridized carbons (Fsp3) is 0.526.